The molecular weight excluding hydrogens is 572 g/mol. The van der Waals surface area contributed by atoms with Gasteiger partial charge in [0.1, 0.15) is 12.2 Å². The normalized spacial score (nSPS) is 44.9. The Morgan fingerprint density at radius 2 is 1.73 bits per heavy atom. The summed E-state index contributed by atoms with van der Waals surface area (Å²) in [5.41, 5.74) is 0.210. The van der Waals surface area contributed by atoms with Crippen molar-refractivity contribution < 1.29 is 38.4 Å². The zero-order chi connectivity index (χ0) is 31.9. The second-order valence-electron chi connectivity index (χ2n) is 14.9. The Kier molecular flexibility index (Phi) is 7.04. The monoisotopic (exact) mass is 616 g/mol. The third-order valence-corrected chi connectivity index (χ3v) is 12.9. The third-order valence-electron chi connectivity index (χ3n) is 12.9. The molecule has 1 aliphatic heterocycles. The average Bonchev–Trinajstić information content (AvgIpc) is 3.74. The van der Waals surface area contributed by atoms with E-state index >= 15 is 0 Å². The van der Waals surface area contributed by atoms with Crippen molar-refractivity contribution in [3.8, 4) is 0 Å². The Morgan fingerprint density at radius 3 is 2.42 bits per heavy atom. The van der Waals surface area contributed by atoms with Crippen LogP contribution in [0, 0.1) is 33.5 Å². The highest BCUT2D eigenvalue weighted by Gasteiger charge is 2.78. The van der Waals surface area contributed by atoms with E-state index in [9.17, 15) is 19.8 Å². The maximum Gasteiger partial charge on any atom is 0.331 e. The summed E-state index contributed by atoms with van der Waals surface area (Å²) in [6, 6.07) is 11.5. The maximum atomic E-state index is 13.4. The van der Waals surface area contributed by atoms with Crippen LogP contribution >= 0.6 is 0 Å². The third kappa shape index (κ3) is 4.14. The van der Waals surface area contributed by atoms with E-state index in [1.807, 2.05) is 43.3 Å². The van der Waals surface area contributed by atoms with Crippen LogP contribution in [-0.4, -0.2) is 59.3 Å². The van der Waals surface area contributed by atoms with Crippen molar-refractivity contribution in [2.24, 2.45) is 33.5 Å². The second-order valence-corrected chi connectivity index (χ2v) is 14.9. The van der Waals surface area contributed by atoms with Gasteiger partial charge in [0, 0.05) is 52.9 Å². The van der Waals surface area contributed by atoms with Crippen molar-refractivity contribution in [2.75, 3.05) is 6.61 Å². The molecule has 2 heterocycles. The van der Waals surface area contributed by atoms with Crippen molar-refractivity contribution in [1.82, 2.24) is 0 Å². The lowest BCUT2D eigenvalue weighted by molar-refractivity contribution is -0.268. The van der Waals surface area contributed by atoms with Gasteiger partial charge in [-0.05, 0) is 42.0 Å². The summed E-state index contributed by atoms with van der Waals surface area (Å²) in [6.45, 7) is 10.2. The molecule has 1 saturated heterocycles. The summed E-state index contributed by atoms with van der Waals surface area (Å²) in [7, 11) is 0. The van der Waals surface area contributed by atoms with E-state index in [4.69, 9.17) is 18.6 Å². The van der Waals surface area contributed by atoms with Crippen LogP contribution in [0.15, 0.2) is 71.1 Å². The minimum atomic E-state index is -0.881. The predicted molar refractivity (Wildman–Crippen MR) is 165 cm³/mol. The van der Waals surface area contributed by atoms with Gasteiger partial charge in [0.05, 0.1) is 37.4 Å². The van der Waals surface area contributed by atoms with Crippen molar-refractivity contribution in [3.05, 3.63) is 77.8 Å². The molecule has 3 saturated carbocycles. The number of hydrogen-bond donors (Lipinski definition) is 2. The molecule has 2 N–H and O–H groups in total. The van der Waals surface area contributed by atoms with Crippen LogP contribution in [0.5, 0.6) is 0 Å². The molecule has 4 fully saturated rings. The van der Waals surface area contributed by atoms with Crippen molar-refractivity contribution in [3.63, 3.8) is 0 Å². The number of carbonyl (C=O) groups excluding carboxylic acids is 2. The molecule has 0 amide bonds. The standard InChI is InChI=1S/C37H44O8/c1-21(38)44-28-17-26-36(4,25-13-12-24(35(25,28)3)23-15-16-42-19-23)33(41)31-32-34(2,20-43-31)27(39)18-29(37(26,32)5)45-30(40)14-11-22-9-7-6-8-10-22/h6-11,13-16,19,24,26-29,31-33,39,41H,12,17-18,20H2,1-5H3/b14-11+/t24-,26-,27+,28-,29-,31+,32?,33+,34+,35-,36-,37-/m0/s1. The fraction of sp³-hybridized carbons (Fsp3) is 0.568. The van der Waals surface area contributed by atoms with Crippen LogP contribution in [-0.2, 0) is 23.8 Å². The van der Waals surface area contributed by atoms with Crippen LogP contribution in [0.4, 0.5) is 0 Å². The van der Waals surface area contributed by atoms with Gasteiger partial charge in [0.2, 0.25) is 0 Å². The summed E-state index contributed by atoms with van der Waals surface area (Å²) < 4.78 is 24.5. The number of rotatable bonds is 5. The molecule has 5 aliphatic rings. The first kappa shape index (κ1) is 30.5. The molecule has 12 atom stereocenters. The number of benzene rings is 1. The van der Waals surface area contributed by atoms with Gasteiger partial charge in [-0.25, -0.2) is 4.79 Å². The van der Waals surface area contributed by atoms with Gasteiger partial charge in [-0.1, -0.05) is 69.7 Å². The molecule has 0 bridgehead atoms. The number of furan rings is 1. The Balaban J connectivity index is 1.33. The van der Waals surface area contributed by atoms with Crippen LogP contribution in [0.1, 0.15) is 70.9 Å². The zero-order valence-electron chi connectivity index (χ0n) is 26.6. The molecule has 45 heavy (non-hydrogen) atoms. The Labute approximate surface area is 264 Å². The largest absolute Gasteiger partial charge is 0.472 e. The number of aliphatic hydroxyl groups is 2. The smallest absolute Gasteiger partial charge is 0.331 e. The van der Waals surface area contributed by atoms with E-state index in [1.165, 1.54) is 13.0 Å². The first-order valence-corrected chi connectivity index (χ1v) is 16.2. The van der Waals surface area contributed by atoms with E-state index in [2.05, 4.69) is 26.8 Å². The summed E-state index contributed by atoms with van der Waals surface area (Å²) in [6.07, 6.45) is 6.85. The van der Waals surface area contributed by atoms with Crippen molar-refractivity contribution in [2.45, 2.75) is 90.3 Å². The summed E-state index contributed by atoms with van der Waals surface area (Å²) in [5, 5.41) is 24.0. The summed E-state index contributed by atoms with van der Waals surface area (Å²) in [5.74, 6) is -1.40. The molecule has 2 aromatic rings. The summed E-state index contributed by atoms with van der Waals surface area (Å²) in [4.78, 5) is 26.1. The molecule has 4 aliphatic carbocycles. The molecule has 7 rings (SSSR count). The molecular formula is C37H44O8. The lowest BCUT2D eigenvalue weighted by Gasteiger charge is -2.69. The van der Waals surface area contributed by atoms with Crippen LogP contribution in [0.3, 0.4) is 0 Å². The molecule has 1 aromatic carbocycles. The average molecular weight is 617 g/mol. The number of aliphatic hydroxyl groups excluding tert-OH is 2. The lowest BCUT2D eigenvalue weighted by Crippen LogP contribution is -2.74. The Hall–Kier alpha value is -3.20. The van der Waals surface area contributed by atoms with Crippen LogP contribution < -0.4 is 0 Å². The number of allylic oxidation sites excluding steroid dienone is 1. The lowest BCUT2D eigenvalue weighted by atomic mass is 9.36. The van der Waals surface area contributed by atoms with Gasteiger partial charge in [0.15, 0.2) is 0 Å². The highest BCUT2D eigenvalue weighted by Crippen LogP contribution is 2.75. The molecule has 8 nitrogen and oxygen atoms in total. The minimum absolute atomic E-state index is 0.00852. The minimum Gasteiger partial charge on any atom is -0.472 e. The van der Waals surface area contributed by atoms with Crippen LogP contribution in [0.2, 0.25) is 0 Å². The quantitative estimate of drug-likeness (QED) is 0.259. The van der Waals surface area contributed by atoms with Gasteiger partial charge in [-0.3, -0.25) is 4.79 Å². The molecule has 240 valence electrons. The number of ether oxygens (including phenoxy) is 3. The van der Waals surface area contributed by atoms with E-state index in [0.717, 1.165) is 16.7 Å². The number of hydrogen-bond acceptors (Lipinski definition) is 8. The first-order valence-electron chi connectivity index (χ1n) is 16.2. The first-order chi connectivity index (χ1) is 21.4. The number of carbonyl (C=O) groups is 2. The zero-order valence-corrected chi connectivity index (χ0v) is 26.6. The Bertz CT molecular complexity index is 1530. The van der Waals surface area contributed by atoms with Gasteiger partial charge in [-0.2, -0.15) is 0 Å². The molecule has 8 heteroatoms. The molecule has 0 radical (unpaired) electrons. The van der Waals surface area contributed by atoms with Gasteiger partial charge < -0.3 is 28.8 Å². The van der Waals surface area contributed by atoms with Gasteiger partial charge in [0.25, 0.3) is 0 Å². The topological polar surface area (TPSA) is 115 Å². The maximum absolute atomic E-state index is 13.4. The fourth-order valence-corrected chi connectivity index (χ4v) is 10.8. The number of esters is 2. The van der Waals surface area contributed by atoms with Gasteiger partial charge >= 0.3 is 11.9 Å². The number of fused-ring (bicyclic) bond motifs is 4. The van der Waals surface area contributed by atoms with E-state index in [1.54, 1.807) is 18.6 Å². The van der Waals surface area contributed by atoms with E-state index in [-0.39, 0.29) is 30.1 Å². The highest BCUT2D eigenvalue weighted by molar-refractivity contribution is 5.87. The van der Waals surface area contributed by atoms with E-state index < -0.39 is 58.1 Å². The van der Waals surface area contributed by atoms with Gasteiger partial charge in [-0.15, -0.1) is 0 Å². The van der Waals surface area contributed by atoms with Crippen molar-refractivity contribution >= 4 is 18.0 Å². The molecule has 0 spiro atoms. The molecule has 1 aromatic heterocycles. The van der Waals surface area contributed by atoms with Crippen molar-refractivity contribution in [1.29, 1.82) is 0 Å². The summed E-state index contributed by atoms with van der Waals surface area (Å²) >= 11 is 0. The second kappa shape index (κ2) is 10.4. The predicted octanol–water partition coefficient (Wildman–Crippen LogP) is 5.45. The van der Waals surface area contributed by atoms with Crippen LogP contribution in [0.25, 0.3) is 6.08 Å². The fourth-order valence-electron chi connectivity index (χ4n) is 10.8. The molecule has 1 unspecified atom stereocenters. The Morgan fingerprint density at radius 1 is 0.978 bits per heavy atom. The SMILES string of the molecule is CC(=O)O[C@H]1C[C@H]2[C@](C)(C3=CC[C@@H](c4ccoc4)[C@@]31C)[C@H](O)[C@@H]1OC[C@@]3(C)C1[C@]2(C)[C@@H](OC(=O)/C=C/c1ccccc1)C[C@H]3O. The highest BCUT2D eigenvalue weighted by atomic mass is 16.6. The van der Waals surface area contributed by atoms with E-state index in [0.29, 0.717) is 19.4 Å².